The summed E-state index contributed by atoms with van der Waals surface area (Å²) in [7, 11) is 1.81. The normalized spacial score (nSPS) is 26.1. The number of nitrogens with zero attached hydrogens (tertiary/aromatic N) is 1. The number of piperidine rings is 1. The van der Waals surface area contributed by atoms with Gasteiger partial charge in [0.05, 0.1) is 12.7 Å². The van der Waals surface area contributed by atoms with Gasteiger partial charge in [-0.05, 0) is 52.6 Å². The molecule has 1 fully saturated rings. The Bertz CT molecular complexity index is 250. The molecule has 0 aromatic heterocycles. The minimum atomic E-state index is -0.171. The monoisotopic (exact) mass is 272 g/mol. The lowest BCUT2D eigenvalue weighted by atomic mass is 9.92. The van der Waals surface area contributed by atoms with Crippen LogP contribution in [-0.2, 0) is 4.74 Å². The first-order valence-electron chi connectivity index (χ1n) is 7.67. The van der Waals surface area contributed by atoms with Gasteiger partial charge in [0.25, 0.3) is 0 Å². The van der Waals surface area contributed by atoms with Crippen molar-refractivity contribution in [3.05, 3.63) is 0 Å². The Balaban J connectivity index is 2.49. The molecule has 0 aromatic rings. The number of nitrogens with one attached hydrogen (secondary N) is 1. The molecule has 0 amide bonds. The maximum absolute atomic E-state index is 9.65. The molecule has 0 aromatic carbocycles. The molecule has 1 saturated heterocycles. The van der Waals surface area contributed by atoms with Gasteiger partial charge in [0.1, 0.15) is 0 Å². The average Bonchev–Trinajstić information content (AvgIpc) is 2.45. The molecule has 0 radical (unpaired) electrons. The molecule has 3 unspecified atom stereocenters. The Morgan fingerprint density at radius 2 is 2.26 bits per heavy atom. The third kappa shape index (κ3) is 5.38. The van der Waals surface area contributed by atoms with Crippen LogP contribution in [0.1, 0.15) is 46.5 Å². The second kappa shape index (κ2) is 8.20. The lowest BCUT2D eigenvalue weighted by Gasteiger charge is -2.40. The van der Waals surface area contributed by atoms with Crippen LogP contribution >= 0.6 is 0 Å². The number of ether oxygens (including phenoxy) is 1. The van der Waals surface area contributed by atoms with Gasteiger partial charge in [0.2, 0.25) is 0 Å². The quantitative estimate of drug-likeness (QED) is 0.705. The van der Waals surface area contributed by atoms with Crippen LogP contribution < -0.4 is 5.32 Å². The van der Waals surface area contributed by atoms with Crippen molar-refractivity contribution in [2.75, 3.05) is 33.4 Å². The van der Waals surface area contributed by atoms with E-state index in [-0.39, 0.29) is 12.1 Å². The summed E-state index contributed by atoms with van der Waals surface area (Å²) < 4.78 is 5.49. The van der Waals surface area contributed by atoms with E-state index in [0.717, 1.165) is 32.5 Å². The zero-order valence-electron chi connectivity index (χ0n) is 13.1. The number of methoxy groups -OCH3 is 1. The fourth-order valence-electron chi connectivity index (χ4n) is 2.96. The highest BCUT2D eigenvalue weighted by molar-refractivity contribution is 4.88. The van der Waals surface area contributed by atoms with Gasteiger partial charge in [-0.2, -0.15) is 0 Å². The number of hydrogen-bond donors (Lipinski definition) is 2. The Labute approximate surface area is 118 Å². The molecule has 0 saturated carbocycles. The molecule has 0 aliphatic carbocycles. The SMILES string of the molecule is CCCNC(C)(CO)CC(C)N1CCCC(OC)C1. The first kappa shape index (κ1) is 16.9. The number of aliphatic hydroxyl groups is 1. The van der Waals surface area contributed by atoms with Crippen LogP contribution in [0, 0.1) is 0 Å². The number of hydrogen-bond acceptors (Lipinski definition) is 4. The van der Waals surface area contributed by atoms with E-state index in [0.29, 0.717) is 12.1 Å². The summed E-state index contributed by atoms with van der Waals surface area (Å²) in [6, 6.07) is 0.472. The molecule has 0 bridgehead atoms. The molecule has 2 N–H and O–H groups in total. The average molecular weight is 272 g/mol. The Hall–Kier alpha value is -0.160. The van der Waals surface area contributed by atoms with E-state index in [4.69, 9.17) is 4.74 Å². The van der Waals surface area contributed by atoms with E-state index in [9.17, 15) is 5.11 Å². The van der Waals surface area contributed by atoms with Crippen molar-refractivity contribution < 1.29 is 9.84 Å². The molecule has 0 spiro atoms. The van der Waals surface area contributed by atoms with Gasteiger partial charge in [0.15, 0.2) is 0 Å². The molecule has 1 rings (SSSR count). The lowest BCUT2D eigenvalue weighted by Crippen LogP contribution is -2.52. The van der Waals surface area contributed by atoms with Crippen molar-refractivity contribution in [3.63, 3.8) is 0 Å². The summed E-state index contributed by atoms with van der Waals surface area (Å²) in [5.74, 6) is 0. The summed E-state index contributed by atoms with van der Waals surface area (Å²) >= 11 is 0. The maximum atomic E-state index is 9.65. The van der Waals surface area contributed by atoms with Crippen molar-refractivity contribution in [1.29, 1.82) is 0 Å². The maximum Gasteiger partial charge on any atom is 0.0698 e. The lowest BCUT2D eigenvalue weighted by molar-refractivity contribution is 0.00854. The van der Waals surface area contributed by atoms with E-state index in [1.165, 1.54) is 12.8 Å². The van der Waals surface area contributed by atoms with Gasteiger partial charge in [-0.1, -0.05) is 6.92 Å². The fraction of sp³-hybridized carbons (Fsp3) is 1.00. The van der Waals surface area contributed by atoms with Crippen LogP contribution in [0.4, 0.5) is 0 Å². The molecule has 1 aliphatic heterocycles. The van der Waals surface area contributed by atoms with E-state index < -0.39 is 0 Å². The summed E-state index contributed by atoms with van der Waals surface area (Å²) in [4.78, 5) is 2.50. The van der Waals surface area contributed by atoms with E-state index in [1.807, 2.05) is 0 Å². The topological polar surface area (TPSA) is 44.7 Å². The molecule has 114 valence electrons. The van der Waals surface area contributed by atoms with Crippen molar-refractivity contribution in [3.8, 4) is 0 Å². The molecular weight excluding hydrogens is 240 g/mol. The zero-order chi connectivity index (χ0) is 14.3. The number of rotatable bonds is 8. The number of aliphatic hydroxyl groups excluding tert-OH is 1. The zero-order valence-corrected chi connectivity index (χ0v) is 13.1. The largest absolute Gasteiger partial charge is 0.394 e. The van der Waals surface area contributed by atoms with Crippen LogP contribution in [0.15, 0.2) is 0 Å². The predicted octanol–water partition coefficient (Wildman–Crippen LogP) is 1.63. The van der Waals surface area contributed by atoms with Gasteiger partial charge >= 0.3 is 0 Å². The van der Waals surface area contributed by atoms with Gasteiger partial charge in [-0.25, -0.2) is 0 Å². The van der Waals surface area contributed by atoms with Gasteiger partial charge < -0.3 is 15.2 Å². The smallest absolute Gasteiger partial charge is 0.0698 e. The Kier molecular flexibility index (Phi) is 7.29. The molecule has 4 heteroatoms. The van der Waals surface area contributed by atoms with Crippen molar-refractivity contribution in [2.45, 2.75) is 64.1 Å². The van der Waals surface area contributed by atoms with E-state index >= 15 is 0 Å². The Morgan fingerprint density at radius 3 is 2.84 bits per heavy atom. The Morgan fingerprint density at radius 1 is 1.53 bits per heavy atom. The molecule has 4 nitrogen and oxygen atoms in total. The minimum Gasteiger partial charge on any atom is -0.394 e. The molecule has 3 atom stereocenters. The first-order chi connectivity index (χ1) is 9.04. The molecule has 1 heterocycles. The summed E-state index contributed by atoms with van der Waals surface area (Å²) in [6.07, 6.45) is 4.83. The summed E-state index contributed by atoms with van der Waals surface area (Å²) in [6.45, 7) is 9.87. The van der Waals surface area contributed by atoms with Gasteiger partial charge in [-0.15, -0.1) is 0 Å². The fourth-order valence-corrected chi connectivity index (χ4v) is 2.96. The van der Waals surface area contributed by atoms with Crippen LogP contribution in [0.2, 0.25) is 0 Å². The number of likely N-dealkylation sites (tertiary alicyclic amines) is 1. The molecule has 19 heavy (non-hydrogen) atoms. The van der Waals surface area contributed by atoms with Crippen molar-refractivity contribution in [1.82, 2.24) is 10.2 Å². The molecular formula is C15H32N2O2. The minimum absolute atomic E-state index is 0.171. The van der Waals surface area contributed by atoms with Crippen molar-refractivity contribution in [2.24, 2.45) is 0 Å². The standard InChI is InChI=1S/C15H32N2O2/c1-5-8-16-15(3,12-18)10-13(2)17-9-6-7-14(11-17)19-4/h13-14,16,18H,5-12H2,1-4H3. The van der Waals surface area contributed by atoms with Gasteiger partial charge in [0, 0.05) is 25.2 Å². The van der Waals surface area contributed by atoms with E-state index in [2.05, 4.69) is 31.0 Å². The third-order valence-corrected chi connectivity index (χ3v) is 4.26. The van der Waals surface area contributed by atoms with E-state index in [1.54, 1.807) is 7.11 Å². The highest BCUT2D eigenvalue weighted by Crippen LogP contribution is 2.21. The first-order valence-corrected chi connectivity index (χ1v) is 7.67. The third-order valence-electron chi connectivity index (χ3n) is 4.26. The second-order valence-electron chi connectivity index (χ2n) is 6.19. The molecule has 1 aliphatic rings. The van der Waals surface area contributed by atoms with Crippen LogP contribution in [-0.4, -0.2) is 61.0 Å². The summed E-state index contributed by atoms with van der Waals surface area (Å²) in [5, 5.41) is 13.1. The highest BCUT2D eigenvalue weighted by Gasteiger charge is 2.30. The highest BCUT2D eigenvalue weighted by atomic mass is 16.5. The predicted molar refractivity (Wildman–Crippen MR) is 79.5 cm³/mol. The van der Waals surface area contributed by atoms with Crippen molar-refractivity contribution >= 4 is 0 Å². The van der Waals surface area contributed by atoms with Crippen LogP contribution in [0.5, 0.6) is 0 Å². The van der Waals surface area contributed by atoms with Gasteiger partial charge in [-0.3, -0.25) is 4.90 Å². The summed E-state index contributed by atoms with van der Waals surface area (Å²) in [5.41, 5.74) is -0.171. The second-order valence-corrected chi connectivity index (χ2v) is 6.19. The van der Waals surface area contributed by atoms with Crippen LogP contribution in [0.3, 0.4) is 0 Å². The van der Waals surface area contributed by atoms with Crippen LogP contribution in [0.25, 0.3) is 0 Å².